The van der Waals surface area contributed by atoms with Gasteiger partial charge in [-0.3, -0.25) is 0 Å². The number of nitrogens with zero attached hydrogens (tertiary/aromatic N) is 2. The molecule has 2 aromatic heterocycles. The standard InChI is InChI=1S/C64H45N.C58H41N/c1-42-13-11-17-49(37-42)52-32-35-57-59(40-52)63(47-27-23-45(24-28-47)44-15-5-3-6-16-44)56-34-31-53(50-18-12-14-43(2)38-50)41-60(56)64(57)48-29-25-46(26-30-48)51-33-36-62-58(39-51)55-21-9-10-22-61(55)65(62)54-19-7-4-8-20-54;1-38-13-11-17-43(33-38)46-28-31-51-53(36-46)57(41-15-5-3-6-16-41)50-30-27-47(44-18-12-14-39(2)34-44)37-54(50)58(51)42-25-23-40(24-26-42)45-29-32-56-52(35-45)49-21-9-10-22-55(49)59(56)48-19-7-4-8-20-48/h3-41H,1-2H3;3-37H,1-2H3. The maximum atomic E-state index is 2.43. The molecule has 0 radical (unpaired) electrons. The van der Waals surface area contributed by atoms with Gasteiger partial charge < -0.3 is 9.13 Å². The van der Waals surface area contributed by atoms with Gasteiger partial charge in [-0.25, -0.2) is 0 Å². The molecule has 23 aromatic rings. The highest BCUT2D eigenvalue weighted by Gasteiger charge is 2.24. The molecule has 2 nitrogen and oxygen atoms in total. The van der Waals surface area contributed by atoms with Crippen molar-refractivity contribution >= 4 is 86.7 Å². The zero-order valence-corrected chi connectivity index (χ0v) is 69.6. The van der Waals surface area contributed by atoms with Crippen molar-refractivity contribution in [2.24, 2.45) is 0 Å². The molecule has 23 rings (SSSR count). The highest BCUT2D eigenvalue weighted by Crippen LogP contribution is 2.50. The van der Waals surface area contributed by atoms with Gasteiger partial charge in [-0.1, -0.05) is 386 Å². The molecule has 0 unspecified atom stereocenters. The topological polar surface area (TPSA) is 9.86 Å². The second-order valence-electron chi connectivity index (χ2n) is 33.3. The van der Waals surface area contributed by atoms with E-state index in [0.29, 0.717) is 0 Å². The van der Waals surface area contributed by atoms with Crippen LogP contribution < -0.4 is 0 Å². The Morgan fingerprint density at radius 2 is 0.323 bits per heavy atom. The number of hydrogen-bond donors (Lipinski definition) is 0. The van der Waals surface area contributed by atoms with Crippen molar-refractivity contribution in [2.75, 3.05) is 0 Å². The molecule has 0 aliphatic heterocycles. The molecule has 2 heterocycles. The first-order chi connectivity index (χ1) is 61.1. The third kappa shape index (κ3) is 13.6. The Kier molecular flexibility index (Phi) is 18.9. The summed E-state index contributed by atoms with van der Waals surface area (Å²) in [6.07, 6.45) is 0. The van der Waals surface area contributed by atoms with Crippen LogP contribution in [0.25, 0.3) is 220 Å². The number of aryl methyl sites for hydroxylation is 4. The molecule has 0 N–H and O–H groups in total. The Labute approximate surface area is 723 Å². The van der Waals surface area contributed by atoms with Gasteiger partial charge in [-0.05, 0) is 278 Å². The number of rotatable bonds is 13. The summed E-state index contributed by atoms with van der Waals surface area (Å²) in [7, 11) is 0. The van der Waals surface area contributed by atoms with E-state index >= 15 is 0 Å². The fourth-order valence-corrected chi connectivity index (χ4v) is 19.5. The number of hydrogen-bond acceptors (Lipinski definition) is 0. The summed E-state index contributed by atoms with van der Waals surface area (Å²) >= 11 is 0. The van der Waals surface area contributed by atoms with Gasteiger partial charge in [-0.2, -0.15) is 0 Å². The van der Waals surface area contributed by atoms with Crippen LogP contribution in [0.2, 0.25) is 0 Å². The molecule has 124 heavy (non-hydrogen) atoms. The van der Waals surface area contributed by atoms with Crippen molar-refractivity contribution in [3.05, 3.63) is 471 Å². The molecule has 0 amide bonds. The monoisotopic (exact) mass is 1580 g/mol. The lowest BCUT2D eigenvalue weighted by Gasteiger charge is -2.20. The van der Waals surface area contributed by atoms with Gasteiger partial charge >= 0.3 is 0 Å². The van der Waals surface area contributed by atoms with E-state index in [9.17, 15) is 0 Å². The van der Waals surface area contributed by atoms with Crippen LogP contribution >= 0.6 is 0 Å². The van der Waals surface area contributed by atoms with E-state index in [-0.39, 0.29) is 0 Å². The van der Waals surface area contributed by atoms with E-state index in [0.717, 1.165) is 0 Å². The first-order valence-electron chi connectivity index (χ1n) is 43.1. The van der Waals surface area contributed by atoms with E-state index in [1.54, 1.807) is 0 Å². The van der Waals surface area contributed by atoms with Gasteiger partial charge in [0, 0.05) is 32.9 Å². The molecule has 0 saturated carbocycles. The average molecular weight is 1580 g/mol. The van der Waals surface area contributed by atoms with Crippen LogP contribution in [-0.2, 0) is 0 Å². The lowest BCUT2D eigenvalue weighted by Crippen LogP contribution is -1.93. The fraction of sp³-hybridized carbons (Fsp3) is 0.0328. The van der Waals surface area contributed by atoms with Crippen LogP contribution in [0.3, 0.4) is 0 Å². The maximum absolute atomic E-state index is 2.43. The maximum Gasteiger partial charge on any atom is 0.0541 e. The third-order valence-electron chi connectivity index (χ3n) is 25.4. The van der Waals surface area contributed by atoms with Gasteiger partial charge in [-0.15, -0.1) is 0 Å². The van der Waals surface area contributed by atoms with E-state index in [2.05, 4.69) is 486 Å². The van der Waals surface area contributed by atoms with Gasteiger partial charge in [0.15, 0.2) is 0 Å². The Bertz CT molecular complexity index is 8070. The first kappa shape index (κ1) is 74.5. The Balaban J connectivity index is 0.000000148. The normalized spacial score (nSPS) is 11.5. The average Bonchev–Trinajstić information content (AvgIpc) is 1.15. The van der Waals surface area contributed by atoms with Crippen molar-refractivity contribution in [2.45, 2.75) is 27.7 Å². The van der Waals surface area contributed by atoms with Crippen LogP contribution in [-0.4, -0.2) is 9.13 Å². The molecular weight excluding hydrogens is 1490 g/mol. The van der Waals surface area contributed by atoms with Gasteiger partial charge in [0.1, 0.15) is 0 Å². The summed E-state index contributed by atoms with van der Waals surface area (Å²) in [4.78, 5) is 0. The Hall–Kier alpha value is -15.7. The van der Waals surface area contributed by atoms with Gasteiger partial charge in [0.05, 0.1) is 22.1 Å². The summed E-state index contributed by atoms with van der Waals surface area (Å²) in [5, 5.41) is 15.0. The number of aromatic nitrogens is 2. The molecule has 0 saturated heterocycles. The van der Waals surface area contributed by atoms with Crippen LogP contribution in [0.5, 0.6) is 0 Å². The molecule has 584 valence electrons. The second-order valence-corrected chi connectivity index (χ2v) is 33.3. The third-order valence-corrected chi connectivity index (χ3v) is 25.4. The number of fused-ring (bicyclic) bond motifs is 10. The minimum Gasteiger partial charge on any atom is -0.309 e. The Morgan fingerprint density at radius 1 is 0.121 bits per heavy atom. The van der Waals surface area contributed by atoms with Crippen LogP contribution in [0, 0.1) is 27.7 Å². The molecular formula is C122H86N2. The lowest BCUT2D eigenvalue weighted by atomic mass is 9.83. The van der Waals surface area contributed by atoms with Crippen molar-refractivity contribution in [3.8, 4) is 134 Å². The Morgan fingerprint density at radius 3 is 0.637 bits per heavy atom. The second kappa shape index (κ2) is 31.4. The summed E-state index contributed by atoms with van der Waals surface area (Å²) in [6, 6.07) is 166. The van der Waals surface area contributed by atoms with Gasteiger partial charge in [0.25, 0.3) is 0 Å². The smallest absolute Gasteiger partial charge is 0.0541 e. The molecule has 0 aliphatic rings. The van der Waals surface area contributed by atoms with Crippen molar-refractivity contribution in [3.63, 3.8) is 0 Å². The highest BCUT2D eigenvalue weighted by atomic mass is 15.0. The minimum absolute atomic E-state index is 1.17. The zero-order chi connectivity index (χ0) is 82.9. The number of benzene rings is 21. The molecule has 0 spiro atoms. The van der Waals surface area contributed by atoms with E-state index in [1.807, 2.05) is 0 Å². The van der Waals surface area contributed by atoms with E-state index < -0.39 is 0 Å². The molecule has 0 atom stereocenters. The lowest BCUT2D eigenvalue weighted by molar-refractivity contribution is 1.18. The number of para-hydroxylation sites is 4. The van der Waals surface area contributed by atoms with Crippen molar-refractivity contribution in [1.82, 2.24) is 9.13 Å². The predicted molar refractivity (Wildman–Crippen MR) is 530 cm³/mol. The fourth-order valence-electron chi connectivity index (χ4n) is 19.5. The molecule has 2 heteroatoms. The summed E-state index contributed by atoms with van der Waals surface area (Å²) in [6.45, 7) is 8.69. The van der Waals surface area contributed by atoms with Crippen LogP contribution in [0.1, 0.15) is 22.3 Å². The summed E-state index contributed by atoms with van der Waals surface area (Å²) in [5.74, 6) is 0. The molecule has 0 fully saturated rings. The van der Waals surface area contributed by atoms with Crippen molar-refractivity contribution in [1.29, 1.82) is 0 Å². The van der Waals surface area contributed by atoms with Crippen LogP contribution in [0.4, 0.5) is 0 Å². The van der Waals surface area contributed by atoms with E-state index in [1.165, 1.54) is 243 Å². The molecule has 0 bridgehead atoms. The highest BCUT2D eigenvalue weighted by molar-refractivity contribution is 6.25. The first-order valence-corrected chi connectivity index (χ1v) is 43.1. The largest absolute Gasteiger partial charge is 0.309 e. The van der Waals surface area contributed by atoms with Crippen molar-refractivity contribution < 1.29 is 0 Å². The quantitative estimate of drug-likeness (QED) is 0.102. The molecule has 21 aromatic carbocycles. The predicted octanol–water partition coefficient (Wildman–Crippen LogP) is 33.8. The van der Waals surface area contributed by atoms with Gasteiger partial charge in [0.2, 0.25) is 0 Å². The van der Waals surface area contributed by atoms with Crippen LogP contribution in [0.15, 0.2) is 449 Å². The summed E-state index contributed by atoms with van der Waals surface area (Å²) < 4.78 is 4.76. The minimum atomic E-state index is 1.17. The van der Waals surface area contributed by atoms with E-state index in [4.69, 9.17) is 0 Å². The summed E-state index contributed by atoms with van der Waals surface area (Å²) in [5.41, 5.74) is 39.1. The zero-order valence-electron chi connectivity index (χ0n) is 69.6. The molecule has 0 aliphatic carbocycles. The SMILES string of the molecule is Cc1cccc(-c2ccc3c(-c4ccc(-c5ccc6c(c5)c5ccccc5n6-c5ccccc5)cc4)c4cc(-c5cccc(C)c5)ccc4c(-c4ccc(-c5ccccc5)cc4)c3c2)c1.Cc1cccc(-c2ccc3c(-c4ccc(-c5ccc6c(c5)c5ccccc5n6-c5ccccc5)cc4)c4cc(-c5cccc(C)c5)ccc4c(-c4ccccc4)c3c2)c1.